The van der Waals surface area contributed by atoms with Crippen molar-refractivity contribution in [2.24, 2.45) is 0 Å². The monoisotopic (exact) mass is 527 g/mol. The number of hydrogen-bond donors (Lipinski definition) is 0. The molecule has 8 nitrogen and oxygen atoms in total. The third kappa shape index (κ3) is 8.19. The number of hydrogen-bond acceptors (Lipinski definition) is 5. The maximum atomic E-state index is 13.4. The van der Waals surface area contributed by atoms with Crippen LogP contribution in [0.1, 0.15) is 48.9 Å². The van der Waals surface area contributed by atoms with Crippen LogP contribution in [0.15, 0.2) is 48.5 Å². The molecule has 0 spiro atoms. The first-order chi connectivity index (χ1) is 18.3. The van der Waals surface area contributed by atoms with Crippen molar-refractivity contribution in [3.8, 4) is 11.5 Å². The highest BCUT2D eigenvalue weighted by Gasteiger charge is 2.31. The zero-order valence-electron chi connectivity index (χ0n) is 22.5. The second-order valence-electron chi connectivity index (χ2n) is 9.65. The van der Waals surface area contributed by atoms with Gasteiger partial charge in [0.25, 0.3) is 11.8 Å². The maximum Gasteiger partial charge on any atom is 0.260 e. The lowest BCUT2D eigenvalue weighted by Crippen LogP contribution is -2.48. The van der Waals surface area contributed by atoms with E-state index >= 15 is 0 Å². The first-order valence-electron chi connectivity index (χ1n) is 13.1. The van der Waals surface area contributed by atoms with Crippen LogP contribution in [0.5, 0.6) is 11.5 Å². The van der Waals surface area contributed by atoms with Crippen molar-refractivity contribution >= 4 is 17.7 Å². The smallest absolute Gasteiger partial charge is 0.260 e. The lowest BCUT2D eigenvalue weighted by atomic mass is 10.0. The second-order valence-corrected chi connectivity index (χ2v) is 9.65. The number of halogens is 1. The largest absolute Gasteiger partial charge is 0.493 e. The molecule has 1 aliphatic heterocycles. The Bertz CT molecular complexity index is 1080. The molecule has 0 fully saturated rings. The number of carbonyl (C=O) groups excluding carboxylic acids is 3. The van der Waals surface area contributed by atoms with Gasteiger partial charge < -0.3 is 24.2 Å². The maximum absolute atomic E-state index is 13.4. The zero-order chi connectivity index (χ0) is 27.5. The Hall–Kier alpha value is -3.62. The minimum Gasteiger partial charge on any atom is -0.493 e. The number of amides is 3. The lowest BCUT2D eigenvalue weighted by Gasteiger charge is -2.31. The van der Waals surface area contributed by atoms with Gasteiger partial charge in [-0.1, -0.05) is 12.1 Å². The fourth-order valence-electron chi connectivity index (χ4n) is 4.36. The van der Waals surface area contributed by atoms with Crippen LogP contribution in [0.3, 0.4) is 0 Å². The summed E-state index contributed by atoms with van der Waals surface area (Å²) in [6.07, 6.45) is 4.43. The molecule has 0 saturated heterocycles. The molecular weight excluding hydrogens is 489 g/mol. The van der Waals surface area contributed by atoms with Crippen LogP contribution in [-0.4, -0.2) is 85.9 Å². The number of likely N-dealkylation sites (N-methyl/N-ethyl adjacent to an activating group) is 3. The molecule has 0 aromatic heterocycles. The molecule has 3 amide bonds. The summed E-state index contributed by atoms with van der Waals surface area (Å²) in [5.74, 6) is 0.0516. The van der Waals surface area contributed by atoms with Gasteiger partial charge in [-0.25, -0.2) is 4.39 Å². The summed E-state index contributed by atoms with van der Waals surface area (Å²) in [4.78, 5) is 44.0. The Morgan fingerprint density at radius 1 is 1.05 bits per heavy atom. The van der Waals surface area contributed by atoms with Crippen molar-refractivity contribution in [1.29, 1.82) is 0 Å². The highest BCUT2D eigenvalue weighted by molar-refractivity contribution is 5.99. The lowest BCUT2D eigenvalue weighted by molar-refractivity contribution is -0.135. The Labute approximate surface area is 224 Å². The van der Waals surface area contributed by atoms with Gasteiger partial charge in [0.15, 0.2) is 6.61 Å². The third-order valence-corrected chi connectivity index (χ3v) is 6.78. The van der Waals surface area contributed by atoms with Gasteiger partial charge >= 0.3 is 0 Å². The SMILES string of the molecule is CN(CCCC[C@H]1C(=O)N(C)CCCCCOc2ccccc2C(=O)N1C)C(=O)COc1ccc(F)cc1. The summed E-state index contributed by atoms with van der Waals surface area (Å²) in [6.45, 7) is 1.48. The van der Waals surface area contributed by atoms with Crippen LogP contribution in [0, 0.1) is 5.82 Å². The third-order valence-electron chi connectivity index (χ3n) is 6.78. The van der Waals surface area contributed by atoms with E-state index in [9.17, 15) is 18.8 Å². The van der Waals surface area contributed by atoms with Crippen molar-refractivity contribution in [3.63, 3.8) is 0 Å². The Balaban J connectivity index is 1.59. The average Bonchev–Trinajstić information content (AvgIpc) is 2.93. The van der Waals surface area contributed by atoms with Crippen LogP contribution >= 0.6 is 0 Å². The van der Waals surface area contributed by atoms with E-state index in [0.29, 0.717) is 56.0 Å². The van der Waals surface area contributed by atoms with Crippen molar-refractivity contribution in [3.05, 3.63) is 59.9 Å². The summed E-state index contributed by atoms with van der Waals surface area (Å²) >= 11 is 0. The van der Waals surface area contributed by atoms with Crippen LogP contribution in [-0.2, 0) is 9.59 Å². The van der Waals surface area contributed by atoms with Crippen molar-refractivity contribution in [1.82, 2.24) is 14.7 Å². The fraction of sp³-hybridized carbons (Fsp3) is 0.483. The number of rotatable bonds is 8. The minimum atomic E-state index is -0.621. The van der Waals surface area contributed by atoms with E-state index in [-0.39, 0.29) is 30.1 Å². The summed E-state index contributed by atoms with van der Waals surface area (Å²) in [5, 5.41) is 0. The molecule has 3 rings (SSSR count). The molecule has 206 valence electrons. The van der Waals surface area contributed by atoms with E-state index in [1.165, 1.54) is 29.2 Å². The molecule has 2 aromatic rings. The van der Waals surface area contributed by atoms with Crippen molar-refractivity contribution in [2.75, 3.05) is 47.4 Å². The number of unbranched alkanes of at least 4 members (excludes halogenated alkanes) is 1. The van der Waals surface area contributed by atoms with Crippen LogP contribution in [0.2, 0.25) is 0 Å². The molecule has 1 atom stereocenters. The topological polar surface area (TPSA) is 79.4 Å². The molecule has 0 bridgehead atoms. The number of para-hydroxylation sites is 1. The van der Waals surface area contributed by atoms with Crippen LogP contribution in [0.25, 0.3) is 0 Å². The predicted molar refractivity (Wildman–Crippen MR) is 143 cm³/mol. The molecule has 0 unspecified atom stereocenters. The van der Waals surface area contributed by atoms with Gasteiger partial charge in [-0.15, -0.1) is 0 Å². The summed E-state index contributed by atoms with van der Waals surface area (Å²) in [7, 11) is 5.14. The molecule has 38 heavy (non-hydrogen) atoms. The summed E-state index contributed by atoms with van der Waals surface area (Å²) < 4.78 is 24.4. The van der Waals surface area contributed by atoms with E-state index < -0.39 is 6.04 Å². The molecule has 9 heteroatoms. The van der Waals surface area contributed by atoms with Gasteiger partial charge in [0, 0.05) is 34.2 Å². The van der Waals surface area contributed by atoms with Gasteiger partial charge in [-0.05, 0) is 74.9 Å². The number of nitrogens with zero attached hydrogens (tertiary/aromatic N) is 3. The van der Waals surface area contributed by atoms with Gasteiger partial charge in [-0.3, -0.25) is 14.4 Å². The first kappa shape index (κ1) is 28.9. The van der Waals surface area contributed by atoms with Gasteiger partial charge in [0.1, 0.15) is 23.4 Å². The number of fused-ring (bicyclic) bond motifs is 1. The quantitative estimate of drug-likeness (QED) is 0.485. The van der Waals surface area contributed by atoms with Crippen molar-refractivity contribution in [2.45, 2.75) is 44.6 Å². The minimum absolute atomic E-state index is 0.0874. The van der Waals surface area contributed by atoms with Crippen molar-refractivity contribution < 1.29 is 28.2 Å². The summed E-state index contributed by atoms with van der Waals surface area (Å²) in [6, 6.07) is 12.0. The van der Waals surface area contributed by atoms with E-state index in [0.717, 1.165) is 19.3 Å². The van der Waals surface area contributed by atoms with Gasteiger partial charge in [-0.2, -0.15) is 0 Å². The first-order valence-corrected chi connectivity index (χ1v) is 13.1. The normalized spacial score (nSPS) is 17.0. The molecule has 0 N–H and O–H groups in total. The highest BCUT2D eigenvalue weighted by Crippen LogP contribution is 2.23. The molecule has 1 heterocycles. The molecular formula is C29H38FN3O5. The predicted octanol–water partition coefficient (Wildman–Crippen LogP) is 4.00. The van der Waals surface area contributed by atoms with Crippen LogP contribution in [0.4, 0.5) is 4.39 Å². The van der Waals surface area contributed by atoms with E-state index in [2.05, 4.69) is 0 Å². The molecule has 0 saturated carbocycles. The van der Waals surface area contributed by atoms with E-state index in [4.69, 9.17) is 9.47 Å². The second kappa shape index (κ2) is 14.4. The fourth-order valence-corrected chi connectivity index (χ4v) is 4.36. The number of benzene rings is 2. The molecule has 0 radical (unpaired) electrons. The highest BCUT2D eigenvalue weighted by atomic mass is 19.1. The Morgan fingerprint density at radius 3 is 2.55 bits per heavy atom. The summed E-state index contributed by atoms with van der Waals surface area (Å²) in [5.41, 5.74) is 0.446. The number of ether oxygens (including phenoxy) is 2. The molecule has 2 aromatic carbocycles. The Kier molecular flexibility index (Phi) is 10.9. The molecule has 0 aliphatic carbocycles. The zero-order valence-corrected chi connectivity index (χ0v) is 22.5. The van der Waals surface area contributed by atoms with Gasteiger partial charge in [0.05, 0.1) is 12.2 Å². The molecule has 1 aliphatic rings. The average molecular weight is 528 g/mol. The van der Waals surface area contributed by atoms with E-state index in [1.807, 2.05) is 6.07 Å². The Morgan fingerprint density at radius 2 is 1.79 bits per heavy atom. The van der Waals surface area contributed by atoms with Gasteiger partial charge in [0.2, 0.25) is 5.91 Å². The van der Waals surface area contributed by atoms with Crippen LogP contribution < -0.4 is 9.47 Å². The number of carbonyl (C=O) groups is 3. The van der Waals surface area contributed by atoms with E-state index in [1.54, 1.807) is 49.1 Å². The standard InChI is InChI=1S/C29H38FN3O5/c1-31(27(34)21-38-23-16-14-22(30)15-17-23)18-9-7-12-25-29(36)32(2)19-8-4-10-20-37-26-13-6-5-11-24(26)28(35)33(25)3/h5-6,11,13-17,25H,4,7-10,12,18-21H2,1-3H3/t25-/m0/s1.